The van der Waals surface area contributed by atoms with Crippen molar-refractivity contribution in [3.05, 3.63) is 244 Å². The normalized spacial score (nSPS) is 19.9. The maximum absolute atomic E-state index is 12.7. The summed E-state index contributed by atoms with van der Waals surface area (Å²) in [5, 5.41) is 37.0. The van der Waals surface area contributed by atoms with E-state index >= 15 is 0 Å². The number of alkyl halides is 1. The number of fused-ring (bicyclic) bond motifs is 4. The zero-order chi connectivity index (χ0) is 73.4. The monoisotopic (exact) mass is 1510 g/mol. The van der Waals surface area contributed by atoms with E-state index in [-0.39, 0.29) is 62.4 Å². The van der Waals surface area contributed by atoms with Crippen molar-refractivity contribution in [2.45, 2.75) is 191 Å². The van der Waals surface area contributed by atoms with Crippen molar-refractivity contribution in [1.29, 1.82) is 0 Å². The number of aryl methyl sites for hydroxylation is 4. The Hall–Kier alpha value is -9.47. The Morgan fingerprint density at radius 1 is 0.458 bits per heavy atom. The minimum atomic E-state index is -0.339. The number of aliphatic hydroxyl groups excluding tert-OH is 2. The van der Waals surface area contributed by atoms with Crippen LogP contribution in [0.2, 0.25) is 0 Å². The van der Waals surface area contributed by atoms with E-state index in [1.165, 1.54) is 35.1 Å². The molecule has 6 aliphatic carbocycles. The number of hydrogen-bond acceptors (Lipinski definition) is 17. The number of amides is 2. The molecule has 6 atom stereocenters. The van der Waals surface area contributed by atoms with Gasteiger partial charge in [-0.25, -0.2) is 14.4 Å². The van der Waals surface area contributed by atoms with E-state index in [4.69, 9.17) is 37.0 Å². The fraction of sp³-hybridized carbons (Fsp3) is 0.402. The average Bonchev–Trinajstić information content (AvgIpc) is 1.64. The number of rotatable bonds is 19. The number of ether oxygens (including phenoxy) is 4. The Morgan fingerprint density at radius 3 is 1.23 bits per heavy atom. The Kier molecular flexibility index (Phi) is 24.5. The first-order valence-electron chi connectivity index (χ1n) is 37.5. The van der Waals surface area contributed by atoms with E-state index in [9.17, 15) is 24.6 Å². The maximum Gasteiger partial charge on any atom is 0.410 e. The van der Waals surface area contributed by atoms with Crippen molar-refractivity contribution in [2.75, 3.05) is 19.7 Å². The summed E-state index contributed by atoms with van der Waals surface area (Å²) in [6, 6.07) is 52.3. The second-order valence-electron chi connectivity index (χ2n) is 29.3. The van der Waals surface area contributed by atoms with E-state index in [1.54, 1.807) is 11.8 Å². The Labute approximate surface area is 634 Å². The summed E-state index contributed by atoms with van der Waals surface area (Å²) in [6.45, 7) is 12.9. The van der Waals surface area contributed by atoms with Gasteiger partial charge in [-0.2, -0.15) is 0 Å². The summed E-state index contributed by atoms with van der Waals surface area (Å²) in [6.07, 6.45) is 12.1. The van der Waals surface area contributed by atoms with Crippen LogP contribution in [-0.2, 0) is 50.7 Å². The minimum absolute atomic E-state index is 0. The highest BCUT2D eigenvalue weighted by Crippen LogP contribution is 2.49. The molecule has 2 N–H and O–H groups in total. The highest BCUT2D eigenvalue weighted by Gasteiger charge is 2.49. The van der Waals surface area contributed by atoms with Crippen LogP contribution in [0.3, 0.4) is 0 Å². The van der Waals surface area contributed by atoms with Crippen molar-refractivity contribution in [3.8, 4) is 45.0 Å². The molecule has 20 heteroatoms. The van der Waals surface area contributed by atoms with E-state index in [0.717, 1.165) is 148 Å². The molecule has 18 rings (SSSR count). The Balaban J connectivity index is 0.000000122. The van der Waals surface area contributed by atoms with Crippen molar-refractivity contribution in [3.63, 3.8) is 0 Å². The standard InChI is InChI=1S/C28H30N2O4.C16H17NO3.C14H14BrNO.C14H17NO3.C14H15NO2.CH3/c1-18-7-5-6-10-23(18)26-24(27(34-29-26)20-11-12-20)17-32-25-14-22-13-21(25)15-30(22)28(31)33-16-19-8-3-2-4-9-19;1-3-19-16(18)13-14(12-7-5-4-6-10(12)2)17-20-15(13)11-8-9-11;1-9-4-2-3-5-11(9)13-12(8-15)14(17-16-13)10-6-7-10;16-13-7-12-6-11(13)8-15(12)14(17)18-9-10-4-2-1-3-5-10;1-9-4-2-3-5-11(9)13-12(8-16)14(17-15-13)10-6-7-10;/h2-10,20-22,25H,11-17H2,1H3;4-7,11H,3,8-9H2,1-2H3;2-5,10H,6-8H2,1H3;1-5,11-13,16H,6-9H2;2-5,10,16H,6-8H2,1H3;1H3/q;;;;;-1/t21-,22-,25+;;;11-,12-,13+;;/m0..0../s1. The number of halogens is 1. The highest BCUT2D eigenvalue weighted by molar-refractivity contribution is 9.08. The Bertz CT molecular complexity index is 4550. The molecule has 2 aliphatic heterocycles. The van der Waals surface area contributed by atoms with Crippen LogP contribution in [0.4, 0.5) is 9.59 Å². The lowest BCUT2D eigenvalue weighted by Gasteiger charge is -2.31. The van der Waals surface area contributed by atoms with Gasteiger partial charge in [-0.3, -0.25) is 0 Å². The summed E-state index contributed by atoms with van der Waals surface area (Å²) in [5.74, 6) is 5.77. The van der Waals surface area contributed by atoms with Gasteiger partial charge < -0.3 is 64.5 Å². The third-order valence-corrected chi connectivity index (χ3v) is 22.2. The van der Waals surface area contributed by atoms with Crippen molar-refractivity contribution in [2.24, 2.45) is 11.8 Å². The molecule has 8 aliphatic rings. The molecule has 2 saturated heterocycles. The molecule has 10 aromatic rings. The lowest BCUT2D eigenvalue weighted by molar-refractivity contribution is -0.0114. The zero-order valence-electron chi connectivity index (χ0n) is 61.9. The smallest absolute Gasteiger partial charge is 0.410 e. The molecular weight excluding hydrogens is 1420 g/mol. The summed E-state index contributed by atoms with van der Waals surface area (Å²) >= 11 is 3.56. The number of likely N-dealkylation sites (tertiary alicyclic amines) is 2. The molecular formula is C87H96BrN6O13-. The lowest BCUT2D eigenvalue weighted by atomic mass is 10.0. The number of aliphatic hydroxyl groups is 2. The predicted molar refractivity (Wildman–Crippen MR) is 410 cm³/mol. The molecule has 0 unspecified atom stereocenters. The van der Waals surface area contributed by atoms with E-state index in [2.05, 4.69) is 80.7 Å². The van der Waals surface area contributed by atoms with Crippen LogP contribution in [-0.4, -0.2) is 103 Å². The fourth-order valence-electron chi connectivity index (χ4n) is 15.2. The van der Waals surface area contributed by atoms with Crippen LogP contribution in [0.15, 0.2) is 176 Å². The summed E-state index contributed by atoms with van der Waals surface area (Å²) in [7, 11) is 0. The number of nitrogens with zero attached hydrogens (tertiary/aromatic N) is 6. The van der Waals surface area contributed by atoms with E-state index < -0.39 is 0 Å². The maximum atomic E-state index is 12.7. The number of carbonyl (C=O) groups is 3. The van der Waals surface area contributed by atoms with Gasteiger partial charge in [-0.05, 0) is 145 Å². The number of esters is 1. The van der Waals surface area contributed by atoms with Gasteiger partial charge >= 0.3 is 18.2 Å². The molecule has 6 aromatic carbocycles. The first-order valence-corrected chi connectivity index (χ1v) is 38.6. The van der Waals surface area contributed by atoms with Crippen LogP contribution in [0.1, 0.15) is 191 Å². The fourth-order valence-corrected chi connectivity index (χ4v) is 15.7. The molecule has 107 heavy (non-hydrogen) atoms. The minimum Gasteiger partial charge on any atom is -0.462 e. The molecule has 19 nitrogen and oxygen atoms in total. The van der Waals surface area contributed by atoms with Crippen molar-refractivity contribution >= 4 is 34.1 Å². The molecule has 8 fully saturated rings. The van der Waals surface area contributed by atoms with Gasteiger partial charge in [0.25, 0.3) is 0 Å². The summed E-state index contributed by atoms with van der Waals surface area (Å²) in [4.78, 5) is 40.5. The van der Waals surface area contributed by atoms with Gasteiger partial charge in [-0.1, -0.05) is 194 Å². The third-order valence-electron chi connectivity index (χ3n) is 21.6. The SMILES string of the molecule is CCOC(=O)c1c(-c2ccccc2C)noc1C1CC1.Cc1ccccc1-c1noc(C2CC2)c1CBr.Cc1ccccc1-c1noc(C2CC2)c1CO.Cc1ccccc1-c1noc(C2CC2)c1CO[C@@H]1C[C@@H]2C[C@H]1CN2C(=O)OCc1ccccc1.O=C(OCc1ccccc1)N1C[C@@H]2C[C@H]1C[C@H]2O.[CH3-]. The predicted octanol–water partition coefficient (Wildman–Crippen LogP) is 19.2. The number of carbonyl (C=O) groups excluding carboxylic acids is 3. The molecule has 2 amide bonds. The third kappa shape index (κ3) is 17.7. The number of aromatic nitrogens is 4. The molecule has 4 aromatic heterocycles. The number of piperidine rings is 2. The molecule has 0 spiro atoms. The molecule has 560 valence electrons. The summed E-state index contributed by atoms with van der Waals surface area (Å²) < 4.78 is 44.7. The second kappa shape index (κ2) is 34.6. The van der Waals surface area contributed by atoms with Gasteiger partial charge in [0.15, 0.2) is 5.76 Å². The van der Waals surface area contributed by atoms with E-state index in [0.29, 0.717) is 92.5 Å². The number of benzene rings is 6. The quantitative estimate of drug-likeness (QED) is 0.0331. The lowest BCUT2D eigenvalue weighted by Crippen LogP contribution is -2.42. The molecule has 4 bridgehead atoms. The van der Waals surface area contributed by atoms with Gasteiger partial charge in [0.1, 0.15) is 58.8 Å². The van der Waals surface area contributed by atoms with Crippen LogP contribution >= 0.6 is 15.9 Å². The number of hydrogen-bond donors (Lipinski definition) is 2. The first kappa shape index (κ1) is 75.8. The summed E-state index contributed by atoms with van der Waals surface area (Å²) in [5.41, 5.74) is 17.9. The van der Waals surface area contributed by atoms with Crippen LogP contribution in [0, 0.1) is 47.0 Å². The van der Waals surface area contributed by atoms with Gasteiger partial charge in [0, 0.05) is 105 Å². The van der Waals surface area contributed by atoms with Crippen LogP contribution in [0.25, 0.3) is 45.0 Å². The van der Waals surface area contributed by atoms with Gasteiger partial charge in [0.2, 0.25) is 0 Å². The molecule has 0 radical (unpaired) electrons. The van der Waals surface area contributed by atoms with Gasteiger partial charge in [-0.15, -0.1) is 0 Å². The largest absolute Gasteiger partial charge is 0.462 e. The van der Waals surface area contributed by atoms with Crippen LogP contribution < -0.4 is 0 Å². The zero-order valence-corrected chi connectivity index (χ0v) is 63.5. The van der Waals surface area contributed by atoms with Crippen molar-refractivity contribution < 1.29 is 61.6 Å². The van der Waals surface area contributed by atoms with Crippen LogP contribution in [0.5, 0.6) is 0 Å². The van der Waals surface area contributed by atoms with Gasteiger partial charge in [0.05, 0.1) is 32.0 Å². The molecule has 6 heterocycles. The Morgan fingerprint density at radius 2 is 0.832 bits per heavy atom. The van der Waals surface area contributed by atoms with E-state index in [1.807, 2.05) is 146 Å². The molecule has 6 saturated carbocycles. The average molecular weight is 1510 g/mol. The highest BCUT2D eigenvalue weighted by atomic mass is 79.9. The van der Waals surface area contributed by atoms with Crippen molar-refractivity contribution in [1.82, 2.24) is 30.4 Å². The first-order chi connectivity index (χ1) is 51.7. The second-order valence-corrected chi connectivity index (χ2v) is 29.9. The topological polar surface area (TPSA) is 239 Å².